The van der Waals surface area contributed by atoms with E-state index in [0.29, 0.717) is 0 Å². The Bertz CT molecular complexity index is 767. The average Bonchev–Trinajstić information content (AvgIpc) is 3.05. The summed E-state index contributed by atoms with van der Waals surface area (Å²) in [5.74, 6) is 0.803. The predicted octanol–water partition coefficient (Wildman–Crippen LogP) is 3.74. The highest BCUT2D eigenvalue weighted by Gasteiger charge is 2.20. The monoisotopic (exact) mass is 321 g/mol. The Labute approximate surface area is 132 Å². The number of aliphatic hydroxyl groups is 1. The number of hydrogen-bond donors (Lipinski definition) is 1. The molecule has 1 atom stereocenters. The van der Waals surface area contributed by atoms with Gasteiger partial charge in [0, 0.05) is 23.6 Å². The van der Waals surface area contributed by atoms with Crippen molar-refractivity contribution in [3.05, 3.63) is 52.1 Å². The van der Waals surface area contributed by atoms with E-state index in [-0.39, 0.29) is 12.6 Å². The molecule has 6 heteroatoms. The van der Waals surface area contributed by atoms with Gasteiger partial charge in [-0.25, -0.2) is 4.98 Å². The number of hydrogen-bond acceptors (Lipinski definition) is 4. The molecule has 1 aromatic carbocycles. The van der Waals surface area contributed by atoms with Gasteiger partial charge in [0.05, 0.1) is 18.3 Å². The number of nitrogens with zero attached hydrogens (tertiary/aromatic N) is 3. The summed E-state index contributed by atoms with van der Waals surface area (Å²) in [5.41, 5.74) is 1.92. The van der Waals surface area contributed by atoms with Crippen LogP contribution in [0.25, 0.3) is 4.96 Å². The quantitative estimate of drug-likeness (QED) is 0.796. The van der Waals surface area contributed by atoms with Crippen molar-refractivity contribution < 1.29 is 5.11 Å². The van der Waals surface area contributed by atoms with E-state index in [1.807, 2.05) is 47.3 Å². The van der Waals surface area contributed by atoms with Crippen molar-refractivity contribution in [3.63, 3.8) is 0 Å². The Morgan fingerprint density at radius 1 is 1.48 bits per heavy atom. The van der Waals surface area contributed by atoms with Crippen molar-refractivity contribution in [3.8, 4) is 0 Å². The van der Waals surface area contributed by atoms with Crippen LogP contribution in [0.4, 0.5) is 5.82 Å². The van der Waals surface area contributed by atoms with Gasteiger partial charge in [-0.05, 0) is 24.6 Å². The van der Waals surface area contributed by atoms with Crippen LogP contribution in [0.5, 0.6) is 0 Å². The highest BCUT2D eigenvalue weighted by molar-refractivity contribution is 7.15. The fraction of sp³-hybridized carbons (Fsp3) is 0.267. The summed E-state index contributed by atoms with van der Waals surface area (Å²) in [5, 5.41) is 12.4. The lowest BCUT2D eigenvalue weighted by atomic mass is 10.1. The molecule has 3 rings (SSSR count). The van der Waals surface area contributed by atoms with Gasteiger partial charge in [-0.1, -0.05) is 23.7 Å². The Balaban J connectivity index is 1.99. The number of aromatic nitrogens is 2. The van der Waals surface area contributed by atoms with Crippen LogP contribution in [0.3, 0.4) is 0 Å². The molecule has 0 aliphatic rings. The van der Waals surface area contributed by atoms with Gasteiger partial charge < -0.3 is 10.0 Å². The van der Waals surface area contributed by atoms with Crippen molar-refractivity contribution in [1.82, 2.24) is 9.38 Å². The molecule has 21 heavy (non-hydrogen) atoms. The minimum Gasteiger partial charge on any atom is -0.390 e. The number of benzene rings is 1. The van der Waals surface area contributed by atoms with Crippen LogP contribution in [0.15, 0.2) is 35.8 Å². The van der Waals surface area contributed by atoms with Crippen LogP contribution in [0.1, 0.15) is 24.2 Å². The van der Waals surface area contributed by atoms with Crippen LogP contribution in [0.2, 0.25) is 5.02 Å². The summed E-state index contributed by atoms with van der Waals surface area (Å²) >= 11 is 7.63. The molecular weight excluding hydrogens is 306 g/mol. The summed E-state index contributed by atoms with van der Waals surface area (Å²) in [7, 11) is 1.98. The van der Waals surface area contributed by atoms with Crippen LogP contribution >= 0.6 is 22.9 Å². The highest BCUT2D eigenvalue weighted by Crippen LogP contribution is 2.30. The number of halogens is 1. The van der Waals surface area contributed by atoms with Gasteiger partial charge in [-0.15, -0.1) is 11.3 Å². The topological polar surface area (TPSA) is 40.8 Å². The van der Waals surface area contributed by atoms with E-state index in [9.17, 15) is 5.11 Å². The maximum Gasteiger partial charge on any atom is 0.195 e. The fourth-order valence-electron chi connectivity index (χ4n) is 2.42. The summed E-state index contributed by atoms with van der Waals surface area (Å²) in [6.07, 6.45) is 1.93. The van der Waals surface area contributed by atoms with Gasteiger partial charge in [-0.3, -0.25) is 4.40 Å². The van der Waals surface area contributed by atoms with Gasteiger partial charge in [-0.2, -0.15) is 0 Å². The molecule has 0 saturated carbocycles. The third-order valence-electron chi connectivity index (χ3n) is 3.74. The van der Waals surface area contributed by atoms with E-state index in [1.54, 1.807) is 11.3 Å². The van der Waals surface area contributed by atoms with Gasteiger partial charge in [0.1, 0.15) is 0 Å². The van der Waals surface area contributed by atoms with Crippen molar-refractivity contribution >= 4 is 33.7 Å². The van der Waals surface area contributed by atoms with E-state index < -0.39 is 0 Å². The third-order valence-corrected chi connectivity index (χ3v) is 4.73. The molecule has 3 aromatic rings. The number of rotatable bonds is 4. The number of fused-ring (bicyclic) bond motifs is 1. The molecule has 4 nitrogen and oxygen atoms in total. The Morgan fingerprint density at radius 3 is 3.00 bits per heavy atom. The van der Waals surface area contributed by atoms with Crippen molar-refractivity contribution in [1.29, 1.82) is 0 Å². The van der Waals surface area contributed by atoms with Crippen molar-refractivity contribution in [2.24, 2.45) is 0 Å². The molecule has 0 spiro atoms. The number of aliphatic hydroxyl groups excluding tert-OH is 1. The fourth-order valence-corrected chi connectivity index (χ4v) is 3.35. The summed E-state index contributed by atoms with van der Waals surface area (Å²) in [6.45, 7) is 2.06. The standard InChI is InChI=1S/C15H16ClN3OS/c1-10(11-4-3-5-12(16)8-11)18(2)14-13(9-20)19-6-7-21-15(19)17-14/h3-8,10,20H,9H2,1-2H3. The summed E-state index contributed by atoms with van der Waals surface area (Å²) < 4.78 is 1.93. The second-order valence-electron chi connectivity index (χ2n) is 4.94. The number of anilines is 1. The van der Waals surface area contributed by atoms with E-state index in [4.69, 9.17) is 11.6 Å². The second-order valence-corrected chi connectivity index (χ2v) is 6.25. The van der Waals surface area contributed by atoms with Crippen LogP contribution in [-0.2, 0) is 6.61 Å². The molecule has 0 fully saturated rings. The zero-order valence-corrected chi connectivity index (χ0v) is 13.4. The molecule has 0 radical (unpaired) electrons. The predicted molar refractivity (Wildman–Crippen MR) is 87.3 cm³/mol. The molecule has 110 valence electrons. The lowest BCUT2D eigenvalue weighted by molar-refractivity contribution is 0.276. The minimum absolute atomic E-state index is 0.0418. The Hall–Kier alpha value is -1.56. The lowest BCUT2D eigenvalue weighted by Crippen LogP contribution is -2.23. The first-order chi connectivity index (χ1) is 10.1. The molecule has 0 amide bonds. The first-order valence-electron chi connectivity index (χ1n) is 6.65. The molecular formula is C15H16ClN3OS. The molecule has 0 bridgehead atoms. The maximum atomic E-state index is 9.67. The maximum absolute atomic E-state index is 9.67. The normalized spacial score (nSPS) is 12.8. The largest absolute Gasteiger partial charge is 0.390 e. The molecule has 0 aliphatic carbocycles. The van der Waals surface area contributed by atoms with E-state index in [1.165, 1.54) is 0 Å². The Kier molecular flexibility index (Phi) is 3.89. The first-order valence-corrected chi connectivity index (χ1v) is 7.91. The SMILES string of the molecule is CC(c1cccc(Cl)c1)N(C)c1nc2sccn2c1CO. The smallest absolute Gasteiger partial charge is 0.195 e. The van der Waals surface area contributed by atoms with Crippen LogP contribution in [-0.4, -0.2) is 21.5 Å². The van der Waals surface area contributed by atoms with Gasteiger partial charge in [0.2, 0.25) is 0 Å². The molecule has 1 N–H and O–H groups in total. The third kappa shape index (κ3) is 2.52. The average molecular weight is 322 g/mol. The minimum atomic E-state index is -0.0418. The molecule has 0 saturated heterocycles. The van der Waals surface area contributed by atoms with E-state index >= 15 is 0 Å². The van der Waals surface area contributed by atoms with Gasteiger partial charge in [0.25, 0.3) is 0 Å². The van der Waals surface area contributed by atoms with Gasteiger partial charge in [0.15, 0.2) is 10.8 Å². The van der Waals surface area contributed by atoms with Gasteiger partial charge >= 0.3 is 0 Å². The molecule has 1 unspecified atom stereocenters. The summed E-state index contributed by atoms with van der Waals surface area (Å²) in [4.78, 5) is 7.58. The number of thiazole rings is 1. The lowest BCUT2D eigenvalue weighted by Gasteiger charge is -2.26. The molecule has 2 aromatic heterocycles. The molecule has 2 heterocycles. The van der Waals surface area contributed by atoms with Crippen LogP contribution < -0.4 is 4.90 Å². The van der Waals surface area contributed by atoms with Crippen LogP contribution in [0, 0.1) is 0 Å². The summed E-state index contributed by atoms with van der Waals surface area (Å²) in [6, 6.07) is 7.92. The number of imidazole rings is 1. The second kappa shape index (κ2) is 5.67. The molecule has 0 aliphatic heterocycles. The zero-order chi connectivity index (χ0) is 15.0. The van der Waals surface area contributed by atoms with Crippen molar-refractivity contribution in [2.45, 2.75) is 19.6 Å². The van der Waals surface area contributed by atoms with E-state index in [0.717, 1.165) is 27.1 Å². The highest BCUT2D eigenvalue weighted by atomic mass is 35.5. The van der Waals surface area contributed by atoms with E-state index in [2.05, 4.69) is 16.8 Å². The first kappa shape index (κ1) is 14.4. The van der Waals surface area contributed by atoms with Crippen molar-refractivity contribution in [2.75, 3.05) is 11.9 Å². The zero-order valence-electron chi connectivity index (χ0n) is 11.8. The Morgan fingerprint density at radius 2 is 2.29 bits per heavy atom.